The summed E-state index contributed by atoms with van der Waals surface area (Å²) in [5.74, 6) is -1.77. The first kappa shape index (κ1) is 25.3. The predicted octanol–water partition coefficient (Wildman–Crippen LogP) is 3.83. The highest BCUT2D eigenvalue weighted by atomic mass is 32.1. The van der Waals surface area contributed by atoms with E-state index in [0.29, 0.717) is 28.6 Å². The summed E-state index contributed by atoms with van der Waals surface area (Å²) in [7, 11) is 0. The minimum Gasteiger partial charge on any atom is -0.462 e. The number of hydrogen-bond donors (Lipinski definition) is 1. The van der Waals surface area contributed by atoms with Crippen LogP contribution in [0.2, 0.25) is 0 Å². The molecule has 10 heteroatoms. The lowest BCUT2D eigenvalue weighted by atomic mass is 9.96. The number of nitrogens with zero attached hydrogens (tertiary/aromatic N) is 3. The molecular formula is C26H26N4O5S. The van der Waals surface area contributed by atoms with Gasteiger partial charge in [-0.2, -0.15) is 5.26 Å². The fourth-order valence-corrected chi connectivity index (χ4v) is 5.31. The normalized spacial score (nSPS) is 13.1. The van der Waals surface area contributed by atoms with Crippen LogP contribution >= 0.6 is 11.3 Å². The number of rotatable bonds is 7. The van der Waals surface area contributed by atoms with Crippen LogP contribution in [0.15, 0.2) is 24.3 Å². The number of pyridine rings is 1. The van der Waals surface area contributed by atoms with Crippen LogP contribution in [0.5, 0.6) is 0 Å². The second kappa shape index (κ2) is 10.8. The maximum absolute atomic E-state index is 13.3. The molecule has 0 fully saturated rings. The van der Waals surface area contributed by atoms with Crippen LogP contribution in [-0.4, -0.2) is 54.0 Å². The van der Waals surface area contributed by atoms with E-state index in [1.54, 1.807) is 13.8 Å². The van der Waals surface area contributed by atoms with Crippen molar-refractivity contribution in [1.29, 1.82) is 5.26 Å². The molecule has 0 spiro atoms. The molecule has 9 nitrogen and oxygen atoms in total. The number of likely N-dealkylation sites (N-methyl/N-ethyl adjacent to an activating group) is 1. The minimum atomic E-state index is -0.612. The Morgan fingerprint density at radius 2 is 1.97 bits per heavy atom. The Morgan fingerprint density at radius 1 is 1.19 bits per heavy atom. The summed E-state index contributed by atoms with van der Waals surface area (Å²) in [5, 5.41) is 13.0. The molecule has 0 saturated carbocycles. The molecule has 1 aliphatic heterocycles. The Balaban J connectivity index is 1.54. The minimum absolute atomic E-state index is 0.177. The van der Waals surface area contributed by atoms with Crippen LogP contribution in [-0.2, 0) is 27.2 Å². The third-order valence-corrected chi connectivity index (χ3v) is 7.27. The highest BCUT2D eigenvalue weighted by molar-refractivity contribution is 7.18. The Bertz CT molecular complexity index is 1390. The van der Waals surface area contributed by atoms with Crippen LogP contribution in [0.4, 0.5) is 5.00 Å². The smallest absolute Gasteiger partial charge is 0.348 e. The zero-order chi connectivity index (χ0) is 25.8. The lowest BCUT2D eigenvalue weighted by Gasteiger charge is -2.28. The molecule has 0 atom stereocenters. The van der Waals surface area contributed by atoms with E-state index >= 15 is 0 Å². The van der Waals surface area contributed by atoms with Crippen LogP contribution in [0.3, 0.4) is 0 Å². The SMILES string of the molecule is CCOC(=O)c1sc(NC(=O)COC(=O)c2c3c(nc4ccccc24)CCN(CC)C3)c(C#N)c1C. The average molecular weight is 507 g/mol. The van der Waals surface area contributed by atoms with Gasteiger partial charge in [0.2, 0.25) is 0 Å². The van der Waals surface area contributed by atoms with Crippen LogP contribution in [0.25, 0.3) is 10.9 Å². The van der Waals surface area contributed by atoms with Crippen molar-refractivity contribution in [1.82, 2.24) is 9.88 Å². The van der Waals surface area contributed by atoms with Gasteiger partial charge < -0.3 is 14.8 Å². The van der Waals surface area contributed by atoms with E-state index in [1.807, 2.05) is 30.3 Å². The highest BCUT2D eigenvalue weighted by Crippen LogP contribution is 2.33. The summed E-state index contributed by atoms with van der Waals surface area (Å²) in [6, 6.07) is 9.40. The van der Waals surface area contributed by atoms with Gasteiger partial charge in [0, 0.05) is 36.2 Å². The van der Waals surface area contributed by atoms with Gasteiger partial charge in [0.25, 0.3) is 5.91 Å². The van der Waals surface area contributed by atoms with Crippen molar-refractivity contribution in [2.75, 3.05) is 31.6 Å². The van der Waals surface area contributed by atoms with E-state index in [1.165, 1.54) is 0 Å². The molecule has 1 amide bonds. The molecule has 0 radical (unpaired) electrons. The third-order valence-electron chi connectivity index (χ3n) is 6.08. The number of thiophene rings is 1. The van der Waals surface area contributed by atoms with E-state index in [4.69, 9.17) is 14.5 Å². The number of carbonyl (C=O) groups excluding carboxylic acids is 3. The Hall–Kier alpha value is -3.81. The van der Waals surface area contributed by atoms with Crippen molar-refractivity contribution in [3.8, 4) is 6.07 Å². The summed E-state index contributed by atoms with van der Waals surface area (Å²) < 4.78 is 10.5. The maximum atomic E-state index is 13.3. The summed E-state index contributed by atoms with van der Waals surface area (Å²) in [5.41, 5.74) is 3.44. The van der Waals surface area contributed by atoms with Gasteiger partial charge in [0.05, 0.1) is 23.3 Å². The van der Waals surface area contributed by atoms with Gasteiger partial charge in [0.15, 0.2) is 6.61 Å². The van der Waals surface area contributed by atoms with Gasteiger partial charge in [-0.25, -0.2) is 9.59 Å². The quantitative estimate of drug-likeness (QED) is 0.480. The number of benzene rings is 1. The molecule has 3 aromatic rings. The lowest BCUT2D eigenvalue weighted by Crippen LogP contribution is -2.32. The number of carbonyl (C=O) groups is 3. The van der Waals surface area contributed by atoms with E-state index in [9.17, 15) is 19.6 Å². The third kappa shape index (κ3) is 4.94. The molecule has 4 rings (SSSR count). The van der Waals surface area contributed by atoms with Crippen LogP contribution in [0, 0.1) is 18.3 Å². The van der Waals surface area contributed by atoms with Crippen molar-refractivity contribution in [2.24, 2.45) is 0 Å². The standard InChI is InChI=1S/C26H26N4O5S/c1-4-30-11-10-20-18(13-30)22(16-8-6-7-9-19(16)28-20)25(32)35-14-21(31)29-24-17(12-27)15(3)23(36-24)26(33)34-5-2/h6-9H,4-5,10-11,13-14H2,1-3H3,(H,29,31). The predicted molar refractivity (Wildman–Crippen MR) is 135 cm³/mol. The van der Waals surface area contributed by atoms with Crippen LogP contribution < -0.4 is 5.32 Å². The largest absolute Gasteiger partial charge is 0.462 e. The number of para-hydroxylation sites is 1. The zero-order valence-corrected chi connectivity index (χ0v) is 21.2. The molecule has 36 heavy (non-hydrogen) atoms. The molecule has 0 bridgehead atoms. The molecule has 1 aromatic carbocycles. The number of fused-ring (bicyclic) bond motifs is 2. The van der Waals surface area contributed by atoms with Gasteiger partial charge >= 0.3 is 11.9 Å². The molecule has 1 N–H and O–H groups in total. The molecule has 186 valence electrons. The number of amides is 1. The number of aromatic nitrogens is 1. The number of anilines is 1. The first-order valence-electron chi connectivity index (χ1n) is 11.7. The fourth-order valence-electron chi connectivity index (χ4n) is 4.24. The number of esters is 2. The Morgan fingerprint density at radius 3 is 2.69 bits per heavy atom. The molecule has 2 aromatic heterocycles. The summed E-state index contributed by atoms with van der Waals surface area (Å²) in [6.45, 7) is 7.31. The number of hydrogen-bond acceptors (Lipinski definition) is 9. The first-order valence-corrected chi connectivity index (χ1v) is 12.5. The van der Waals surface area contributed by atoms with E-state index in [-0.39, 0.29) is 22.0 Å². The van der Waals surface area contributed by atoms with Crippen molar-refractivity contribution < 1.29 is 23.9 Å². The molecule has 1 aliphatic rings. The van der Waals surface area contributed by atoms with E-state index in [2.05, 4.69) is 17.1 Å². The first-order chi connectivity index (χ1) is 17.4. The number of nitriles is 1. The fraction of sp³-hybridized carbons (Fsp3) is 0.346. The van der Waals surface area contributed by atoms with Crippen molar-refractivity contribution in [2.45, 2.75) is 33.7 Å². The zero-order valence-electron chi connectivity index (χ0n) is 20.3. The summed E-state index contributed by atoms with van der Waals surface area (Å²) in [6.07, 6.45) is 0.728. The van der Waals surface area contributed by atoms with Crippen LogP contribution in [0.1, 0.15) is 56.3 Å². The second-order valence-electron chi connectivity index (χ2n) is 8.26. The Labute approximate surface area is 212 Å². The highest BCUT2D eigenvalue weighted by Gasteiger charge is 2.27. The number of nitrogens with one attached hydrogen (secondary N) is 1. The van der Waals surface area contributed by atoms with Gasteiger partial charge in [-0.1, -0.05) is 25.1 Å². The van der Waals surface area contributed by atoms with Crippen molar-refractivity contribution in [3.05, 3.63) is 57.1 Å². The molecule has 0 saturated heterocycles. The van der Waals surface area contributed by atoms with E-state index in [0.717, 1.165) is 42.1 Å². The van der Waals surface area contributed by atoms with Gasteiger partial charge in [-0.15, -0.1) is 11.3 Å². The monoisotopic (exact) mass is 506 g/mol. The summed E-state index contributed by atoms with van der Waals surface area (Å²) >= 11 is 0.958. The van der Waals surface area contributed by atoms with E-state index < -0.39 is 24.5 Å². The molecular weight excluding hydrogens is 480 g/mol. The van der Waals surface area contributed by atoms with Crippen molar-refractivity contribution in [3.63, 3.8) is 0 Å². The van der Waals surface area contributed by atoms with Gasteiger partial charge in [0.1, 0.15) is 15.9 Å². The van der Waals surface area contributed by atoms with Gasteiger partial charge in [-0.3, -0.25) is 14.7 Å². The second-order valence-corrected chi connectivity index (χ2v) is 9.29. The summed E-state index contributed by atoms with van der Waals surface area (Å²) in [4.78, 5) is 45.3. The Kier molecular flexibility index (Phi) is 7.62. The van der Waals surface area contributed by atoms with Gasteiger partial charge in [-0.05, 0) is 32.0 Å². The number of ether oxygens (including phenoxy) is 2. The average Bonchev–Trinajstić information content (AvgIpc) is 3.20. The maximum Gasteiger partial charge on any atom is 0.348 e. The van der Waals surface area contributed by atoms with Crippen molar-refractivity contribution >= 4 is 45.1 Å². The molecule has 0 aliphatic carbocycles. The topological polar surface area (TPSA) is 122 Å². The molecule has 3 heterocycles. The lowest BCUT2D eigenvalue weighted by molar-refractivity contribution is -0.119. The molecule has 0 unspecified atom stereocenters.